The summed E-state index contributed by atoms with van der Waals surface area (Å²) in [5, 5.41) is 3.02. The second kappa shape index (κ2) is 9.52. The monoisotopic (exact) mass is 404 g/mol. The number of hydrogen-bond acceptors (Lipinski definition) is 6. The molecule has 1 amide bonds. The van der Waals surface area contributed by atoms with E-state index in [2.05, 4.69) is 10.3 Å². The van der Waals surface area contributed by atoms with E-state index in [9.17, 15) is 9.59 Å². The fourth-order valence-corrected chi connectivity index (χ4v) is 2.72. The molecule has 2 atom stereocenters. The lowest BCUT2D eigenvalue weighted by Crippen LogP contribution is -2.30. The van der Waals surface area contributed by atoms with Gasteiger partial charge in [-0.15, -0.1) is 0 Å². The minimum atomic E-state index is -0.986. The number of aromatic nitrogens is 1. The predicted octanol–water partition coefficient (Wildman–Crippen LogP) is 3.48. The molecule has 0 bridgehead atoms. The summed E-state index contributed by atoms with van der Waals surface area (Å²) >= 11 is 5.75. The van der Waals surface area contributed by atoms with Crippen LogP contribution in [-0.4, -0.2) is 42.3 Å². The van der Waals surface area contributed by atoms with Crippen molar-refractivity contribution in [3.05, 3.63) is 53.2 Å². The quantitative estimate of drug-likeness (QED) is 0.711. The summed E-state index contributed by atoms with van der Waals surface area (Å²) < 4.78 is 16.4. The van der Waals surface area contributed by atoms with Crippen molar-refractivity contribution in [2.75, 3.05) is 18.5 Å². The third kappa shape index (κ3) is 5.68. The zero-order chi connectivity index (χ0) is 19.9. The number of halogens is 1. The Kier molecular flexibility index (Phi) is 6.84. The molecule has 28 heavy (non-hydrogen) atoms. The smallest absolute Gasteiger partial charge is 0.338 e. The fourth-order valence-electron chi connectivity index (χ4n) is 2.61. The number of carbonyl (C=O) groups is 2. The Morgan fingerprint density at radius 2 is 2.07 bits per heavy atom. The van der Waals surface area contributed by atoms with Crippen molar-refractivity contribution in [3.63, 3.8) is 0 Å². The maximum atomic E-state index is 12.2. The predicted molar refractivity (Wildman–Crippen MR) is 104 cm³/mol. The molecule has 1 aromatic heterocycles. The molecule has 3 rings (SSSR count). The van der Waals surface area contributed by atoms with Crippen LogP contribution in [0.4, 0.5) is 5.82 Å². The van der Waals surface area contributed by atoms with Crippen LogP contribution in [0, 0.1) is 0 Å². The highest BCUT2D eigenvalue weighted by molar-refractivity contribution is 6.30. The zero-order valence-electron chi connectivity index (χ0n) is 15.4. The van der Waals surface area contributed by atoms with Crippen molar-refractivity contribution in [1.29, 1.82) is 0 Å². The van der Waals surface area contributed by atoms with Crippen LogP contribution < -0.4 is 10.1 Å². The van der Waals surface area contributed by atoms with Crippen LogP contribution in [0.2, 0.25) is 5.02 Å². The normalized spacial score (nSPS) is 17.0. The van der Waals surface area contributed by atoms with Gasteiger partial charge in [0.25, 0.3) is 5.91 Å². The van der Waals surface area contributed by atoms with Gasteiger partial charge in [0.05, 0.1) is 16.7 Å². The molecule has 7 nitrogen and oxygen atoms in total. The van der Waals surface area contributed by atoms with Gasteiger partial charge < -0.3 is 19.5 Å². The Morgan fingerprint density at radius 1 is 1.29 bits per heavy atom. The van der Waals surface area contributed by atoms with E-state index < -0.39 is 18.0 Å². The van der Waals surface area contributed by atoms with Gasteiger partial charge in [-0.25, -0.2) is 9.78 Å². The first-order chi connectivity index (χ1) is 13.5. The summed E-state index contributed by atoms with van der Waals surface area (Å²) in [6.07, 6.45) is 2.60. The third-order valence-electron chi connectivity index (χ3n) is 4.18. The van der Waals surface area contributed by atoms with E-state index in [1.807, 2.05) is 0 Å². The summed E-state index contributed by atoms with van der Waals surface area (Å²) in [5.41, 5.74) is 0.328. The maximum absolute atomic E-state index is 12.2. The summed E-state index contributed by atoms with van der Waals surface area (Å²) in [6, 6.07) is 9.73. The molecule has 8 heteroatoms. The molecule has 0 aliphatic carbocycles. The molecule has 1 aliphatic rings. The average Bonchev–Trinajstić information content (AvgIpc) is 3.22. The first-order valence-electron chi connectivity index (χ1n) is 8.99. The van der Waals surface area contributed by atoms with Crippen LogP contribution in [0.3, 0.4) is 0 Å². The van der Waals surface area contributed by atoms with E-state index >= 15 is 0 Å². The van der Waals surface area contributed by atoms with Gasteiger partial charge in [0.1, 0.15) is 18.2 Å². The van der Waals surface area contributed by atoms with Gasteiger partial charge in [-0.2, -0.15) is 0 Å². The molecular weight excluding hydrogens is 384 g/mol. The lowest BCUT2D eigenvalue weighted by Gasteiger charge is -2.14. The Labute approximate surface area is 168 Å². The molecule has 0 radical (unpaired) electrons. The van der Waals surface area contributed by atoms with Crippen LogP contribution >= 0.6 is 11.6 Å². The minimum absolute atomic E-state index is 0.124. The first-order valence-corrected chi connectivity index (χ1v) is 9.37. The number of benzene rings is 1. The number of esters is 1. The molecule has 1 fully saturated rings. The van der Waals surface area contributed by atoms with Gasteiger partial charge in [-0.1, -0.05) is 11.6 Å². The van der Waals surface area contributed by atoms with Gasteiger partial charge in [0.15, 0.2) is 6.10 Å². The molecule has 1 saturated heterocycles. The summed E-state index contributed by atoms with van der Waals surface area (Å²) in [6.45, 7) is 2.75. The molecule has 148 valence electrons. The van der Waals surface area contributed by atoms with Gasteiger partial charge in [-0.05, 0) is 56.2 Å². The number of rotatable bonds is 7. The highest BCUT2D eigenvalue weighted by Gasteiger charge is 2.20. The molecule has 1 N–H and O–H groups in total. The van der Waals surface area contributed by atoms with Gasteiger partial charge in [0.2, 0.25) is 0 Å². The number of ether oxygens (including phenoxy) is 3. The Balaban J connectivity index is 1.48. The molecule has 2 aromatic rings. The Morgan fingerprint density at radius 3 is 2.71 bits per heavy atom. The third-order valence-corrected chi connectivity index (χ3v) is 4.41. The Hall–Kier alpha value is -2.64. The summed E-state index contributed by atoms with van der Waals surface area (Å²) in [5.74, 6) is -0.117. The number of carbonyl (C=O) groups excluding carboxylic acids is 2. The average molecular weight is 405 g/mol. The van der Waals surface area contributed by atoms with Crippen molar-refractivity contribution < 1.29 is 23.8 Å². The highest BCUT2D eigenvalue weighted by atomic mass is 35.5. The number of nitrogens with zero attached hydrogens (tertiary/aromatic N) is 1. The van der Waals surface area contributed by atoms with Gasteiger partial charge in [-0.3, -0.25) is 4.79 Å². The lowest BCUT2D eigenvalue weighted by molar-refractivity contribution is -0.123. The summed E-state index contributed by atoms with van der Waals surface area (Å²) in [7, 11) is 0. The van der Waals surface area contributed by atoms with Crippen LogP contribution in [0.5, 0.6) is 5.75 Å². The number of hydrogen-bond donors (Lipinski definition) is 1. The van der Waals surface area contributed by atoms with Crippen LogP contribution in [0.1, 0.15) is 30.1 Å². The second-order valence-electron chi connectivity index (χ2n) is 6.37. The molecule has 2 heterocycles. The molecular formula is C20H21ClN2O5. The van der Waals surface area contributed by atoms with Crippen molar-refractivity contribution >= 4 is 29.3 Å². The first kappa shape index (κ1) is 20.1. The molecule has 0 saturated carbocycles. The van der Waals surface area contributed by atoms with Crippen molar-refractivity contribution in [2.45, 2.75) is 32.0 Å². The Bertz CT molecular complexity index is 804. The number of anilines is 1. The number of pyridine rings is 1. The van der Waals surface area contributed by atoms with Gasteiger partial charge >= 0.3 is 5.97 Å². The van der Waals surface area contributed by atoms with Crippen molar-refractivity contribution in [1.82, 2.24) is 4.98 Å². The SMILES string of the molecule is C[C@H](OC(=O)c1ccc(OC[C@H]2CCCO2)cc1)C(=O)Nc1ccc(Cl)cn1. The van der Waals surface area contributed by atoms with E-state index in [-0.39, 0.29) is 6.10 Å². The zero-order valence-corrected chi connectivity index (χ0v) is 16.1. The van der Waals surface area contributed by atoms with Crippen molar-refractivity contribution in [3.8, 4) is 5.75 Å². The van der Waals surface area contributed by atoms with Crippen LogP contribution in [0.25, 0.3) is 0 Å². The molecule has 1 aliphatic heterocycles. The van der Waals surface area contributed by atoms with E-state index in [0.717, 1.165) is 19.4 Å². The lowest BCUT2D eigenvalue weighted by atomic mass is 10.2. The minimum Gasteiger partial charge on any atom is -0.491 e. The van der Waals surface area contributed by atoms with E-state index in [0.29, 0.717) is 28.8 Å². The standard InChI is InChI=1S/C20H21ClN2O5/c1-13(19(24)23-18-9-6-15(21)11-22-18)28-20(25)14-4-7-16(8-5-14)27-12-17-3-2-10-26-17/h4-9,11,13,17H,2-3,10,12H2,1H3,(H,22,23,24)/t13-,17+/m0/s1. The largest absolute Gasteiger partial charge is 0.491 e. The molecule has 1 aromatic carbocycles. The van der Waals surface area contributed by atoms with E-state index in [1.54, 1.807) is 36.4 Å². The van der Waals surface area contributed by atoms with E-state index in [4.69, 9.17) is 25.8 Å². The summed E-state index contributed by atoms with van der Waals surface area (Å²) in [4.78, 5) is 28.3. The number of nitrogens with one attached hydrogen (secondary N) is 1. The molecule has 0 spiro atoms. The molecule has 0 unspecified atom stereocenters. The fraction of sp³-hybridized carbons (Fsp3) is 0.350. The van der Waals surface area contributed by atoms with Crippen LogP contribution in [-0.2, 0) is 14.3 Å². The highest BCUT2D eigenvalue weighted by Crippen LogP contribution is 2.17. The number of amides is 1. The maximum Gasteiger partial charge on any atom is 0.338 e. The van der Waals surface area contributed by atoms with Crippen molar-refractivity contribution in [2.24, 2.45) is 0 Å². The van der Waals surface area contributed by atoms with Crippen LogP contribution in [0.15, 0.2) is 42.6 Å². The second-order valence-corrected chi connectivity index (χ2v) is 6.81. The van der Waals surface area contributed by atoms with E-state index in [1.165, 1.54) is 13.1 Å². The van der Waals surface area contributed by atoms with Gasteiger partial charge in [0, 0.05) is 12.8 Å². The topological polar surface area (TPSA) is 86.8 Å².